The van der Waals surface area contributed by atoms with E-state index in [1.807, 2.05) is 12.1 Å². The average molecular weight is 264 g/mol. The highest BCUT2D eigenvalue weighted by atomic mass is 16.5. The quantitative estimate of drug-likeness (QED) is 0.867. The van der Waals surface area contributed by atoms with Crippen LogP contribution in [-0.4, -0.2) is 44.0 Å². The van der Waals surface area contributed by atoms with Crippen LogP contribution in [0.4, 0.5) is 5.69 Å². The van der Waals surface area contributed by atoms with E-state index in [2.05, 4.69) is 29.3 Å². The molecule has 0 aromatic heterocycles. The third-order valence-corrected chi connectivity index (χ3v) is 3.83. The van der Waals surface area contributed by atoms with Gasteiger partial charge in [0.05, 0.1) is 7.11 Å². The number of benzene rings is 1. The van der Waals surface area contributed by atoms with Gasteiger partial charge in [-0.15, -0.1) is 0 Å². The number of aliphatic hydroxyl groups excluding tert-OH is 1. The lowest BCUT2D eigenvalue weighted by molar-refractivity contribution is 0.267. The van der Waals surface area contributed by atoms with Crippen LogP contribution in [0.25, 0.3) is 0 Å². The molecular weight excluding hydrogens is 240 g/mol. The van der Waals surface area contributed by atoms with Crippen LogP contribution in [0.3, 0.4) is 0 Å². The second kappa shape index (κ2) is 6.78. The normalized spacial score (nSPS) is 24.1. The zero-order valence-corrected chi connectivity index (χ0v) is 11.8. The van der Waals surface area contributed by atoms with Crippen molar-refractivity contribution in [2.75, 3.05) is 31.7 Å². The molecule has 4 nitrogen and oxygen atoms in total. The Morgan fingerprint density at radius 1 is 1.37 bits per heavy atom. The van der Waals surface area contributed by atoms with Crippen molar-refractivity contribution in [3.05, 3.63) is 24.3 Å². The molecule has 2 atom stereocenters. The molecule has 1 fully saturated rings. The molecule has 0 bridgehead atoms. The molecule has 106 valence electrons. The first-order valence-electron chi connectivity index (χ1n) is 6.99. The predicted octanol–water partition coefficient (Wildman–Crippen LogP) is 1.63. The van der Waals surface area contributed by atoms with E-state index >= 15 is 0 Å². The minimum atomic E-state index is 0.239. The predicted molar refractivity (Wildman–Crippen MR) is 77.9 cm³/mol. The van der Waals surface area contributed by atoms with Gasteiger partial charge in [-0.25, -0.2) is 0 Å². The average Bonchev–Trinajstić information content (AvgIpc) is 2.62. The van der Waals surface area contributed by atoms with Gasteiger partial charge in [0.15, 0.2) is 0 Å². The molecular formula is C15H24N2O2. The van der Waals surface area contributed by atoms with Gasteiger partial charge in [0.2, 0.25) is 0 Å². The van der Waals surface area contributed by atoms with Crippen LogP contribution in [0.1, 0.15) is 19.8 Å². The summed E-state index contributed by atoms with van der Waals surface area (Å²) in [6, 6.07) is 9.08. The Labute approximate surface area is 115 Å². The van der Waals surface area contributed by atoms with Crippen molar-refractivity contribution < 1.29 is 9.84 Å². The fourth-order valence-electron chi connectivity index (χ4n) is 2.62. The topological polar surface area (TPSA) is 44.7 Å². The molecule has 2 N–H and O–H groups in total. The lowest BCUT2D eigenvalue weighted by atomic mass is 10.1. The van der Waals surface area contributed by atoms with Crippen molar-refractivity contribution in [2.24, 2.45) is 0 Å². The van der Waals surface area contributed by atoms with E-state index in [9.17, 15) is 0 Å². The van der Waals surface area contributed by atoms with Gasteiger partial charge in [-0.05, 0) is 50.6 Å². The van der Waals surface area contributed by atoms with Crippen LogP contribution in [0.2, 0.25) is 0 Å². The molecule has 4 heteroatoms. The van der Waals surface area contributed by atoms with E-state index in [4.69, 9.17) is 9.84 Å². The van der Waals surface area contributed by atoms with Crippen molar-refractivity contribution in [3.8, 4) is 5.75 Å². The van der Waals surface area contributed by atoms with Crippen molar-refractivity contribution in [3.63, 3.8) is 0 Å². The van der Waals surface area contributed by atoms with Crippen LogP contribution in [0, 0.1) is 0 Å². The number of nitrogens with one attached hydrogen (secondary N) is 1. The van der Waals surface area contributed by atoms with Crippen molar-refractivity contribution in [2.45, 2.75) is 31.8 Å². The molecule has 1 aliphatic rings. The Balaban J connectivity index is 2.13. The van der Waals surface area contributed by atoms with Gasteiger partial charge in [-0.3, -0.25) is 0 Å². The van der Waals surface area contributed by atoms with Crippen LogP contribution in [0.5, 0.6) is 5.75 Å². The summed E-state index contributed by atoms with van der Waals surface area (Å²) in [5.74, 6) is 0.885. The fraction of sp³-hybridized carbons (Fsp3) is 0.600. The lowest BCUT2D eigenvalue weighted by Crippen LogP contribution is -2.40. The number of aliphatic hydroxyl groups is 1. The van der Waals surface area contributed by atoms with Gasteiger partial charge < -0.3 is 20.1 Å². The maximum Gasteiger partial charge on any atom is 0.119 e. The first-order valence-corrected chi connectivity index (χ1v) is 6.99. The molecule has 1 aliphatic heterocycles. The van der Waals surface area contributed by atoms with E-state index in [0.29, 0.717) is 12.1 Å². The third-order valence-electron chi connectivity index (χ3n) is 3.83. The number of hydrogen-bond acceptors (Lipinski definition) is 4. The summed E-state index contributed by atoms with van der Waals surface area (Å²) < 4.78 is 5.20. The van der Waals surface area contributed by atoms with Gasteiger partial charge in [0.1, 0.15) is 5.75 Å². The Morgan fingerprint density at radius 2 is 2.11 bits per heavy atom. The number of anilines is 1. The second-order valence-corrected chi connectivity index (χ2v) is 5.15. The Bertz CT molecular complexity index is 380. The highest BCUT2D eigenvalue weighted by Gasteiger charge is 2.22. The van der Waals surface area contributed by atoms with E-state index in [1.54, 1.807) is 7.11 Å². The summed E-state index contributed by atoms with van der Waals surface area (Å²) in [6.07, 6.45) is 1.92. The summed E-state index contributed by atoms with van der Waals surface area (Å²) >= 11 is 0. The summed E-state index contributed by atoms with van der Waals surface area (Å²) in [4.78, 5) is 2.42. The second-order valence-electron chi connectivity index (χ2n) is 5.15. The molecule has 0 aliphatic carbocycles. The maximum atomic E-state index is 9.13. The Hall–Kier alpha value is -1.26. The molecule has 1 saturated heterocycles. The molecule has 2 rings (SSSR count). The zero-order valence-electron chi connectivity index (χ0n) is 11.8. The van der Waals surface area contributed by atoms with Crippen molar-refractivity contribution in [1.82, 2.24) is 5.32 Å². The van der Waals surface area contributed by atoms with Crippen LogP contribution in [0.15, 0.2) is 24.3 Å². The summed E-state index contributed by atoms with van der Waals surface area (Å²) in [6.45, 7) is 4.45. The van der Waals surface area contributed by atoms with Gasteiger partial charge in [0, 0.05) is 30.9 Å². The van der Waals surface area contributed by atoms with Gasteiger partial charge in [-0.1, -0.05) is 0 Å². The molecule has 0 amide bonds. The monoisotopic (exact) mass is 264 g/mol. The number of hydrogen-bond donors (Lipinski definition) is 2. The summed E-state index contributed by atoms with van der Waals surface area (Å²) in [5.41, 5.74) is 1.22. The Kier molecular flexibility index (Phi) is 5.05. The highest BCUT2D eigenvalue weighted by molar-refractivity contribution is 5.50. The molecule has 1 aromatic rings. The molecule has 2 unspecified atom stereocenters. The Morgan fingerprint density at radius 3 is 2.74 bits per heavy atom. The van der Waals surface area contributed by atoms with E-state index in [0.717, 1.165) is 31.7 Å². The number of nitrogens with zero attached hydrogens (tertiary/aromatic N) is 1. The van der Waals surface area contributed by atoms with Crippen LogP contribution in [-0.2, 0) is 0 Å². The first kappa shape index (κ1) is 14.2. The van der Waals surface area contributed by atoms with Gasteiger partial charge in [0.25, 0.3) is 0 Å². The van der Waals surface area contributed by atoms with Crippen molar-refractivity contribution in [1.29, 1.82) is 0 Å². The van der Waals surface area contributed by atoms with E-state index < -0.39 is 0 Å². The smallest absolute Gasteiger partial charge is 0.119 e. The standard InChI is InChI=1S/C15H24N2O2/c1-12-7-9-16-13(8-10-18)11-17(12)14-3-5-15(19-2)6-4-14/h3-6,12-13,16,18H,7-11H2,1-2H3. The lowest BCUT2D eigenvalue weighted by Gasteiger charge is -2.31. The highest BCUT2D eigenvalue weighted by Crippen LogP contribution is 2.23. The van der Waals surface area contributed by atoms with E-state index in [-0.39, 0.29) is 6.61 Å². The van der Waals surface area contributed by atoms with E-state index in [1.165, 1.54) is 5.69 Å². The van der Waals surface area contributed by atoms with Gasteiger partial charge in [-0.2, -0.15) is 0 Å². The summed E-state index contributed by atoms with van der Waals surface area (Å²) in [5, 5.41) is 12.6. The molecule has 1 aromatic carbocycles. The SMILES string of the molecule is COc1ccc(N2CC(CCO)NCCC2C)cc1. The van der Waals surface area contributed by atoms with Crippen LogP contribution >= 0.6 is 0 Å². The number of methoxy groups -OCH3 is 1. The first-order chi connectivity index (χ1) is 9.24. The third kappa shape index (κ3) is 3.61. The maximum absolute atomic E-state index is 9.13. The minimum absolute atomic E-state index is 0.239. The minimum Gasteiger partial charge on any atom is -0.497 e. The van der Waals surface area contributed by atoms with Crippen LogP contribution < -0.4 is 15.0 Å². The fourth-order valence-corrected chi connectivity index (χ4v) is 2.62. The largest absolute Gasteiger partial charge is 0.497 e. The number of rotatable bonds is 4. The molecule has 1 heterocycles. The molecule has 0 spiro atoms. The van der Waals surface area contributed by atoms with Crippen molar-refractivity contribution >= 4 is 5.69 Å². The molecule has 19 heavy (non-hydrogen) atoms. The number of ether oxygens (including phenoxy) is 1. The summed E-state index contributed by atoms with van der Waals surface area (Å²) in [7, 11) is 1.69. The molecule has 0 radical (unpaired) electrons. The zero-order chi connectivity index (χ0) is 13.7. The van der Waals surface area contributed by atoms with Gasteiger partial charge >= 0.3 is 0 Å². The molecule has 0 saturated carbocycles.